The van der Waals surface area contributed by atoms with Crippen LogP contribution in [0.3, 0.4) is 0 Å². The SMILES string of the molecule is CCC[C@@H](NC(=O)c1ccc(C)nc1C)C(=O)O. The third kappa shape index (κ3) is 3.55. The molecule has 0 unspecified atom stereocenters. The van der Waals surface area contributed by atoms with E-state index in [2.05, 4.69) is 10.3 Å². The van der Waals surface area contributed by atoms with Crippen molar-refractivity contribution in [2.45, 2.75) is 39.7 Å². The molecular formula is C13H18N2O3. The maximum atomic E-state index is 12.0. The molecule has 18 heavy (non-hydrogen) atoms. The fraction of sp³-hybridized carbons (Fsp3) is 0.462. The number of carbonyl (C=O) groups excluding carboxylic acids is 1. The third-order valence-electron chi connectivity index (χ3n) is 2.65. The molecule has 0 saturated carbocycles. The zero-order valence-corrected chi connectivity index (χ0v) is 10.9. The van der Waals surface area contributed by atoms with Crippen molar-refractivity contribution < 1.29 is 14.7 Å². The molecule has 5 heteroatoms. The number of nitrogens with zero attached hydrogens (tertiary/aromatic N) is 1. The van der Waals surface area contributed by atoms with Gasteiger partial charge < -0.3 is 10.4 Å². The van der Waals surface area contributed by atoms with E-state index in [-0.39, 0.29) is 5.91 Å². The van der Waals surface area contributed by atoms with E-state index >= 15 is 0 Å². The minimum Gasteiger partial charge on any atom is -0.480 e. The molecule has 0 aliphatic heterocycles. The molecule has 1 heterocycles. The van der Waals surface area contributed by atoms with Crippen LogP contribution in [-0.2, 0) is 4.79 Å². The average molecular weight is 250 g/mol. The van der Waals surface area contributed by atoms with Gasteiger partial charge in [0.05, 0.1) is 11.3 Å². The summed E-state index contributed by atoms with van der Waals surface area (Å²) in [6, 6.07) is 2.55. The maximum Gasteiger partial charge on any atom is 0.326 e. The predicted octanol–water partition coefficient (Wildman–Crippen LogP) is 1.68. The van der Waals surface area contributed by atoms with E-state index in [9.17, 15) is 9.59 Å². The highest BCUT2D eigenvalue weighted by Gasteiger charge is 2.20. The van der Waals surface area contributed by atoms with E-state index < -0.39 is 12.0 Å². The highest BCUT2D eigenvalue weighted by Crippen LogP contribution is 2.07. The molecule has 0 aliphatic carbocycles. The van der Waals surface area contributed by atoms with Crippen LogP contribution in [0, 0.1) is 13.8 Å². The summed E-state index contributed by atoms with van der Waals surface area (Å²) in [4.78, 5) is 27.1. The largest absolute Gasteiger partial charge is 0.480 e. The minimum atomic E-state index is -1.01. The van der Waals surface area contributed by atoms with Gasteiger partial charge in [0.15, 0.2) is 0 Å². The second-order valence-corrected chi connectivity index (χ2v) is 4.24. The number of hydrogen-bond donors (Lipinski definition) is 2. The van der Waals surface area contributed by atoms with Gasteiger partial charge in [-0.3, -0.25) is 9.78 Å². The Morgan fingerprint density at radius 3 is 2.56 bits per heavy atom. The summed E-state index contributed by atoms with van der Waals surface area (Å²) in [5.41, 5.74) is 1.85. The standard InChI is InChI=1S/C13H18N2O3/c1-4-5-11(13(17)18)15-12(16)10-7-6-8(2)14-9(10)3/h6-7,11H,4-5H2,1-3H3,(H,15,16)(H,17,18)/t11-/m1/s1. The lowest BCUT2D eigenvalue weighted by Crippen LogP contribution is -2.40. The number of carboxylic acid groups (broad SMARTS) is 1. The number of aromatic nitrogens is 1. The molecule has 2 N–H and O–H groups in total. The van der Waals surface area contributed by atoms with Crippen molar-refractivity contribution in [3.8, 4) is 0 Å². The van der Waals surface area contributed by atoms with Crippen LogP contribution >= 0.6 is 0 Å². The van der Waals surface area contributed by atoms with Crippen LogP contribution in [0.4, 0.5) is 0 Å². The molecule has 98 valence electrons. The van der Waals surface area contributed by atoms with Crippen molar-refractivity contribution in [2.24, 2.45) is 0 Å². The molecule has 1 rings (SSSR count). The Morgan fingerprint density at radius 1 is 1.39 bits per heavy atom. The molecule has 0 bridgehead atoms. The molecule has 0 aliphatic rings. The first kappa shape index (κ1) is 14.2. The van der Waals surface area contributed by atoms with E-state index in [4.69, 9.17) is 5.11 Å². The zero-order chi connectivity index (χ0) is 13.7. The monoisotopic (exact) mass is 250 g/mol. The third-order valence-corrected chi connectivity index (χ3v) is 2.65. The lowest BCUT2D eigenvalue weighted by atomic mass is 10.1. The summed E-state index contributed by atoms with van der Waals surface area (Å²) in [5, 5.41) is 11.5. The van der Waals surface area contributed by atoms with Crippen LogP contribution in [0.25, 0.3) is 0 Å². The van der Waals surface area contributed by atoms with Gasteiger partial charge in [-0.1, -0.05) is 13.3 Å². The Morgan fingerprint density at radius 2 is 2.06 bits per heavy atom. The number of nitrogens with one attached hydrogen (secondary N) is 1. The number of carbonyl (C=O) groups is 2. The summed E-state index contributed by atoms with van der Waals surface area (Å²) < 4.78 is 0. The van der Waals surface area contributed by atoms with Crippen molar-refractivity contribution in [1.82, 2.24) is 10.3 Å². The summed E-state index contributed by atoms with van der Waals surface area (Å²) in [6.45, 7) is 5.45. The first-order chi connectivity index (χ1) is 8.45. The molecule has 5 nitrogen and oxygen atoms in total. The van der Waals surface area contributed by atoms with Gasteiger partial charge in [0, 0.05) is 5.69 Å². The average Bonchev–Trinajstić information content (AvgIpc) is 2.27. The second kappa shape index (κ2) is 6.14. The Bertz CT molecular complexity index is 458. The van der Waals surface area contributed by atoms with Crippen LogP contribution in [0.15, 0.2) is 12.1 Å². The lowest BCUT2D eigenvalue weighted by Gasteiger charge is -2.14. The van der Waals surface area contributed by atoms with Crippen molar-refractivity contribution in [3.63, 3.8) is 0 Å². The highest BCUT2D eigenvalue weighted by atomic mass is 16.4. The van der Waals surface area contributed by atoms with Crippen LogP contribution in [0.1, 0.15) is 41.5 Å². The van der Waals surface area contributed by atoms with Gasteiger partial charge in [0.1, 0.15) is 6.04 Å². The summed E-state index contributed by atoms with van der Waals surface area (Å²) in [7, 11) is 0. The fourth-order valence-electron chi connectivity index (χ4n) is 1.71. The first-order valence-electron chi connectivity index (χ1n) is 5.93. The molecule has 0 aromatic carbocycles. The van der Waals surface area contributed by atoms with Gasteiger partial charge in [-0.15, -0.1) is 0 Å². The van der Waals surface area contributed by atoms with Gasteiger partial charge in [-0.25, -0.2) is 4.79 Å². The van der Waals surface area contributed by atoms with Crippen LogP contribution in [-0.4, -0.2) is 28.0 Å². The van der Waals surface area contributed by atoms with Crippen LogP contribution < -0.4 is 5.32 Å². The summed E-state index contributed by atoms with van der Waals surface area (Å²) >= 11 is 0. The molecule has 0 radical (unpaired) electrons. The molecule has 1 atom stereocenters. The van der Waals surface area contributed by atoms with Gasteiger partial charge in [-0.2, -0.15) is 0 Å². The Hall–Kier alpha value is -1.91. The molecule has 0 saturated heterocycles. The lowest BCUT2D eigenvalue weighted by molar-refractivity contribution is -0.139. The first-order valence-corrected chi connectivity index (χ1v) is 5.93. The molecular weight excluding hydrogens is 232 g/mol. The van der Waals surface area contributed by atoms with Gasteiger partial charge in [0.2, 0.25) is 0 Å². The number of aliphatic carboxylic acids is 1. The quantitative estimate of drug-likeness (QED) is 0.833. The number of aryl methyl sites for hydroxylation is 2. The zero-order valence-electron chi connectivity index (χ0n) is 10.9. The van der Waals surface area contributed by atoms with E-state index in [0.29, 0.717) is 24.1 Å². The topological polar surface area (TPSA) is 79.3 Å². The van der Waals surface area contributed by atoms with Gasteiger partial charge in [0.25, 0.3) is 5.91 Å². The highest BCUT2D eigenvalue weighted by molar-refractivity contribution is 5.97. The van der Waals surface area contributed by atoms with Gasteiger partial charge in [-0.05, 0) is 32.4 Å². The number of amides is 1. The fourth-order valence-corrected chi connectivity index (χ4v) is 1.71. The van der Waals surface area contributed by atoms with Crippen LogP contribution in [0.5, 0.6) is 0 Å². The Balaban J connectivity index is 2.83. The molecule has 0 spiro atoms. The summed E-state index contributed by atoms with van der Waals surface area (Å²) in [6.07, 6.45) is 1.11. The normalized spacial score (nSPS) is 11.9. The molecule has 0 fully saturated rings. The number of carboxylic acids is 1. The van der Waals surface area contributed by atoms with E-state index in [0.717, 1.165) is 5.69 Å². The van der Waals surface area contributed by atoms with E-state index in [1.54, 1.807) is 19.1 Å². The smallest absolute Gasteiger partial charge is 0.326 e. The molecule has 1 amide bonds. The molecule has 1 aromatic heterocycles. The van der Waals surface area contributed by atoms with Gasteiger partial charge >= 0.3 is 5.97 Å². The van der Waals surface area contributed by atoms with Crippen molar-refractivity contribution in [2.75, 3.05) is 0 Å². The summed E-state index contributed by atoms with van der Waals surface area (Å²) in [5.74, 6) is -1.40. The van der Waals surface area contributed by atoms with Crippen molar-refractivity contribution in [3.05, 3.63) is 29.1 Å². The Labute approximate surface area is 106 Å². The number of pyridine rings is 1. The van der Waals surface area contributed by atoms with E-state index in [1.807, 2.05) is 13.8 Å². The number of hydrogen-bond acceptors (Lipinski definition) is 3. The van der Waals surface area contributed by atoms with Crippen molar-refractivity contribution in [1.29, 1.82) is 0 Å². The molecule has 1 aromatic rings. The van der Waals surface area contributed by atoms with Crippen molar-refractivity contribution >= 4 is 11.9 Å². The predicted molar refractivity (Wildman–Crippen MR) is 67.5 cm³/mol. The van der Waals surface area contributed by atoms with E-state index in [1.165, 1.54) is 0 Å². The second-order valence-electron chi connectivity index (χ2n) is 4.24. The Kier molecular flexibility index (Phi) is 4.83. The maximum absolute atomic E-state index is 12.0. The van der Waals surface area contributed by atoms with Crippen LogP contribution in [0.2, 0.25) is 0 Å². The number of rotatable bonds is 5. The minimum absolute atomic E-state index is 0.388.